The Kier molecular flexibility index (Phi) is 4.37. The van der Waals surface area contributed by atoms with Crippen LogP contribution in [0.2, 0.25) is 0 Å². The summed E-state index contributed by atoms with van der Waals surface area (Å²) in [5, 5.41) is 0. The minimum atomic E-state index is 0.367. The second kappa shape index (κ2) is 4.24. The molecule has 0 fully saturated rings. The predicted molar refractivity (Wildman–Crippen MR) is 50.3 cm³/mol. The minimum Gasteiger partial charge on any atom is -0.251 e. The van der Waals surface area contributed by atoms with Gasteiger partial charge < -0.3 is 0 Å². The van der Waals surface area contributed by atoms with Gasteiger partial charge in [-0.15, -0.1) is 0 Å². The van der Waals surface area contributed by atoms with Crippen molar-refractivity contribution in [3.8, 4) is 0 Å². The van der Waals surface area contributed by atoms with Gasteiger partial charge in [0.2, 0.25) is 0 Å². The number of rotatable bonds is 3. The van der Waals surface area contributed by atoms with E-state index in [1.165, 1.54) is 0 Å². The second-order valence-corrected chi connectivity index (χ2v) is 5.24. The molecule has 0 aromatic heterocycles. The van der Waals surface area contributed by atoms with E-state index in [1.54, 1.807) is 0 Å². The van der Waals surface area contributed by atoms with Crippen molar-refractivity contribution in [2.45, 2.75) is 39.4 Å². The van der Waals surface area contributed by atoms with Crippen molar-refractivity contribution >= 4 is 11.9 Å². The fourth-order valence-electron chi connectivity index (χ4n) is 0.740. The van der Waals surface area contributed by atoms with Crippen molar-refractivity contribution < 1.29 is 0 Å². The average molecular weight is 161 g/mol. The molecule has 0 saturated heterocycles. The molecule has 0 saturated carbocycles. The summed E-state index contributed by atoms with van der Waals surface area (Å²) in [4.78, 5) is 0. The van der Waals surface area contributed by atoms with Gasteiger partial charge in [0.1, 0.15) is 0 Å². The minimum absolute atomic E-state index is 0.367. The van der Waals surface area contributed by atoms with Gasteiger partial charge in [0.15, 0.2) is 0 Å². The quantitative estimate of drug-likeness (QED) is 0.586. The maximum absolute atomic E-state index is 2.38. The molecule has 0 unspecified atom stereocenters. The summed E-state index contributed by atoms with van der Waals surface area (Å²) >= 11 is 1.94. The van der Waals surface area contributed by atoms with E-state index in [-0.39, 0.29) is 0 Å². The van der Waals surface area contributed by atoms with Crippen LogP contribution < -0.4 is 0 Å². The number of hydrogen-bond acceptors (Lipinski definition) is 2. The van der Waals surface area contributed by atoms with Crippen LogP contribution >= 0.6 is 11.9 Å². The molecule has 0 aliphatic heterocycles. The third-order valence-electron chi connectivity index (χ3n) is 1.11. The van der Waals surface area contributed by atoms with Crippen LogP contribution in [0.25, 0.3) is 0 Å². The van der Waals surface area contributed by atoms with E-state index in [4.69, 9.17) is 0 Å². The second-order valence-electron chi connectivity index (χ2n) is 3.32. The van der Waals surface area contributed by atoms with Crippen LogP contribution in [0.4, 0.5) is 0 Å². The summed E-state index contributed by atoms with van der Waals surface area (Å²) in [5.74, 6) is 0. The topological polar surface area (TPSA) is 3.24 Å². The monoisotopic (exact) mass is 161 g/mol. The molecule has 0 spiro atoms. The fourth-order valence-corrected chi connectivity index (χ4v) is 1.77. The Labute approximate surface area is 69.3 Å². The summed E-state index contributed by atoms with van der Waals surface area (Å²) in [6.07, 6.45) is 0. The van der Waals surface area contributed by atoms with Crippen molar-refractivity contribution in [3.63, 3.8) is 0 Å². The van der Waals surface area contributed by atoms with Crippen LogP contribution in [0.5, 0.6) is 0 Å². The highest BCUT2D eigenvalue weighted by Gasteiger charge is 2.14. The molecule has 0 bridgehead atoms. The lowest BCUT2D eigenvalue weighted by molar-refractivity contribution is 0.513. The Bertz CT molecular complexity index is 81.7. The summed E-state index contributed by atoms with van der Waals surface area (Å²) < 4.78 is 2.74. The van der Waals surface area contributed by atoms with Crippen molar-refractivity contribution in [1.82, 2.24) is 4.31 Å². The van der Waals surface area contributed by atoms with Gasteiger partial charge in [0.25, 0.3) is 0 Å². The molecule has 0 radical (unpaired) electrons. The van der Waals surface area contributed by atoms with Gasteiger partial charge in [-0.25, -0.2) is 0 Å². The number of hydrogen-bond donors (Lipinski definition) is 0. The molecule has 10 heavy (non-hydrogen) atoms. The van der Waals surface area contributed by atoms with E-state index in [0.717, 1.165) is 13.1 Å². The van der Waals surface area contributed by atoms with Crippen molar-refractivity contribution in [2.75, 3.05) is 13.1 Å². The molecule has 0 aromatic carbocycles. The molecule has 0 N–H and O–H groups in total. The average Bonchev–Trinajstić information content (AvgIpc) is 1.81. The zero-order valence-electron chi connectivity index (χ0n) is 7.77. The third-order valence-corrected chi connectivity index (χ3v) is 2.43. The molecular formula is C8H19NS. The largest absolute Gasteiger partial charge is 0.251 e. The van der Waals surface area contributed by atoms with Crippen LogP contribution in [0.15, 0.2) is 0 Å². The normalized spacial score (nSPS) is 12.6. The molecule has 0 heterocycles. The van der Waals surface area contributed by atoms with E-state index in [9.17, 15) is 0 Å². The van der Waals surface area contributed by atoms with E-state index in [2.05, 4.69) is 38.9 Å². The van der Waals surface area contributed by atoms with E-state index >= 15 is 0 Å². The summed E-state index contributed by atoms with van der Waals surface area (Å²) in [6.45, 7) is 13.4. The molecule has 0 amide bonds. The SMILES string of the molecule is CCN(CC)SC(C)(C)C. The first-order valence-corrected chi connectivity index (χ1v) is 4.71. The maximum atomic E-state index is 2.38. The zero-order valence-corrected chi connectivity index (χ0v) is 8.59. The van der Waals surface area contributed by atoms with Gasteiger partial charge in [-0.2, -0.15) is 0 Å². The predicted octanol–water partition coefficient (Wildman–Crippen LogP) is 2.77. The molecule has 0 aliphatic carbocycles. The molecule has 0 rings (SSSR count). The maximum Gasteiger partial charge on any atom is 0.0222 e. The fraction of sp³-hybridized carbons (Fsp3) is 1.00. The van der Waals surface area contributed by atoms with Gasteiger partial charge >= 0.3 is 0 Å². The number of nitrogens with zero attached hydrogens (tertiary/aromatic N) is 1. The molecule has 62 valence electrons. The van der Waals surface area contributed by atoms with E-state index < -0.39 is 0 Å². The molecule has 0 atom stereocenters. The molecule has 0 aliphatic rings. The first-order chi connectivity index (χ1) is 4.49. The van der Waals surface area contributed by atoms with Gasteiger partial charge in [-0.1, -0.05) is 25.8 Å². The van der Waals surface area contributed by atoms with E-state index in [0.29, 0.717) is 4.75 Å². The van der Waals surface area contributed by atoms with Gasteiger partial charge in [-0.05, 0) is 20.8 Å². The van der Waals surface area contributed by atoms with Crippen LogP contribution in [0, 0.1) is 0 Å². The first kappa shape index (κ1) is 10.3. The highest BCUT2D eigenvalue weighted by molar-refractivity contribution is 7.98. The molecular weight excluding hydrogens is 142 g/mol. The smallest absolute Gasteiger partial charge is 0.0222 e. The molecule has 0 aromatic rings. The van der Waals surface area contributed by atoms with Gasteiger partial charge in [0, 0.05) is 17.8 Å². The van der Waals surface area contributed by atoms with Crippen molar-refractivity contribution in [1.29, 1.82) is 0 Å². The summed E-state index contributed by atoms with van der Waals surface area (Å²) in [5.41, 5.74) is 0. The lowest BCUT2D eigenvalue weighted by atomic mass is 10.3. The van der Waals surface area contributed by atoms with Crippen LogP contribution in [-0.4, -0.2) is 22.1 Å². The van der Waals surface area contributed by atoms with Crippen LogP contribution in [0.1, 0.15) is 34.6 Å². The van der Waals surface area contributed by atoms with Crippen molar-refractivity contribution in [2.24, 2.45) is 0 Å². The molecule has 2 heteroatoms. The standard InChI is InChI=1S/C8H19NS/c1-6-9(7-2)10-8(3,4)5/h6-7H2,1-5H3. The van der Waals surface area contributed by atoms with Crippen LogP contribution in [-0.2, 0) is 0 Å². The highest BCUT2D eigenvalue weighted by Crippen LogP contribution is 2.26. The lowest BCUT2D eigenvalue weighted by Crippen LogP contribution is -2.22. The van der Waals surface area contributed by atoms with Gasteiger partial charge in [-0.3, -0.25) is 4.31 Å². The van der Waals surface area contributed by atoms with Gasteiger partial charge in [0.05, 0.1) is 0 Å². The zero-order chi connectivity index (χ0) is 8.20. The van der Waals surface area contributed by atoms with Crippen molar-refractivity contribution in [3.05, 3.63) is 0 Å². The van der Waals surface area contributed by atoms with E-state index in [1.807, 2.05) is 11.9 Å². The lowest BCUT2D eigenvalue weighted by Gasteiger charge is -2.26. The first-order valence-electron chi connectivity index (χ1n) is 3.93. The summed E-state index contributed by atoms with van der Waals surface area (Å²) in [7, 11) is 0. The Morgan fingerprint density at radius 2 is 1.50 bits per heavy atom. The Morgan fingerprint density at radius 3 is 1.60 bits per heavy atom. The third kappa shape index (κ3) is 5.12. The Balaban J connectivity index is 3.63. The summed E-state index contributed by atoms with van der Waals surface area (Å²) in [6, 6.07) is 0. The van der Waals surface area contributed by atoms with Crippen LogP contribution in [0.3, 0.4) is 0 Å². The Hall–Kier alpha value is 0.310. The highest BCUT2D eigenvalue weighted by atomic mass is 32.2. The Morgan fingerprint density at radius 1 is 1.10 bits per heavy atom. The molecule has 1 nitrogen and oxygen atoms in total.